The number of nitrogens with zero attached hydrogens (tertiary/aromatic N) is 1. The molecular formula is C20H16F3N3O5. The summed E-state index contributed by atoms with van der Waals surface area (Å²) in [5, 5.41) is 17.0. The zero-order chi connectivity index (χ0) is 22.8. The van der Waals surface area contributed by atoms with Crippen molar-refractivity contribution < 1.29 is 27.3 Å². The van der Waals surface area contributed by atoms with Gasteiger partial charge in [0.15, 0.2) is 0 Å². The van der Waals surface area contributed by atoms with Gasteiger partial charge in [-0.05, 0) is 36.8 Å². The van der Waals surface area contributed by atoms with Gasteiger partial charge in [-0.1, -0.05) is 0 Å². The molecule has 2 aromatic carbocycles. The lowest BCUT2D eigenvalue weighted by Crippen LogP contribution is -2.17. The largest absolute Gasteiger partial charge is 0.423 e. The standard InChI is InChI=1S/C20H16F3N3O5/c1-11-8-19(28)31-17-10-13(3-4-14(11)17)25-18(27)6-7-24-15-5-2-12(20(21,22)23)9-16(15)26(29)30/h2-5,8-10,24H,6-7H2,1H3,(H,25,27). The van der Waals surface area contributed by atoms with Crippen LogP contribution in [0.1, 0.15) is 17.5 Å². The second-order valence-corrected chi connectivity index (χ2v) is 6.67. The number of alkyl halides is 3. The summed E-state index contributed by atoms with van der Waals surface area (Å²) < 4.78 is 43.4. The Morgan fingerprint density at radius 3 is 2.58 bits per heavy atom. The molecule has 162 valence electrons. The fourth-order valence-corrected chi connectivity index (χ4v) is 2.95. The number of benzene rings is 2. The number of hydrogen-bond donors (Lipinski definition) is 2. The first kappa shape index (κ1) is 21.8. The Hall–Kier alpha value is -3.89. The number of amides is 1. The Balaban J connectivity index is 1.65. The van der Waals surface area contributed by atoms with Gasteiger partial charge in [0, 0.05) is 42.2 Å². The average Bonchev–Trinajstić information content (AvgIpc) is 2.66. The number of nitro benzene ring substituents is 1. The molecule has 1 heterocycles. The first-order valence-electron chi connectivity index (χ1n) is 8.98. The molecule has 31 heavy (non-hydrogen) atoms. The van der Waals surface area contributed by atoms with E-state index in [1.165, 1.54) is 12.1 Å². The summed E-state index contributed by atoms with van der Waals surface area (Å²) in [5.41, 5.74) is -1.11. The highest BCUT2D eigenvalue weighted by Gasteiger charge is 2.33. The summed E-state index contributed by atoms with van der Waals surface area (Å²) in [6, 6.07) is 8.27. The highest BCUT2D eigenvalue weighted by Crippen LogP contribution is 2.34. The van der Waals surface area contributed by atoms with E-state index in [1.54, 1.807) is 19.1 Å². The molecule has 11 heteroatoms. The normalized spacial score (nSPS) is 11.4. The van der Waals surface area contributed by atoms with E-state index in [2.05, 4.69) is 10.6 Å². The van der Waals surface area contributed by atoms with Crippen LogP contribution >= 0.6 is 0 Å². The highest BCUT2D eigenvalue weighted by molar-refractivity contribution is 5.93. The Labute approximate surface area is 172 Å². The Morgan fingerprint density at radius 1 is 1.16 bits per heavy atom. The van der Waals surface area contributed by atoms with Crippen molar-refractivity contribution in [2.75, 3.05) is 17.2 Å². The second kappa shape index (κ2) is 8.46. The third-order valence-electron chi connectivity index (χ3n) is 4.42. The molecule has 1 amide bonds. The topological polar surface area (TPSA) is 114 Å². The average molecular weight is 435 g/mol. The van der Waals surface area contributed by atoms with E-state index < -0.39 is 33.9 Å². The number of aryl methyl sites for hydroxylation is 1. The van der Waals surface area contributed by atoms with Gasteiger partial charge in [0.2, 0.25) is 5.91 Å². The first-order chi connectivity index (χ1) is 14.5. The van der Waals surface area contributed by atoms with Crippen molar-refractivity contribution in [2.45, 2.75) is 19.5 Å². The van der Waals surface area contributed by atoms with Crippen LogP contribution in [0.15, 0.2) is 51.7 Å². The minimum absolute atomic E-state index is 0.0557. The third-order valence-corrected chi connectivity index (χ3v) is 4.42. The maximum absolute atomic E-state index is 12.7. The zero-order valence-electron chi connectivity index (χ0n) is 16.1. The van der Waals surface area contributed by atoms with Crippen molar-refractivity contribution in [1.82, 2.24) is 0 Å². The van der Waals surface area contributed by atoms with Gasteiger partial charge in [-0.25, -0.2) is 4.79 Å². The van der Waals surface area contributed by atoms with Crippen molar-refractivity contribution in [2.24, 2.45) is 0 Å². The molecule has 0 aliphatic carbocycles. The van der Waals surface area contributed by atoms with Crippen molar-refractivity contribution in [3.05, 3.63) is 74.1 Å². The number of hydrogen-bond acceptors (Lipinski definition) is 6. The molecule has 3 aromatic rings. The highest BCUT2D eigenvalue weighted by atomic mass is 19.4. The summed E-state index contributed by atoms with van der Waals surface area (Å²) in [7, 11) is 0. The first-order valence-corrected chi connectivity index (χ1v) is 8.98. The van der Waals surface area contributed by atoms with Crippen LogP contribution in [0.3, 0.4) is 0 Å². The molecule has 0 aliphatic rings. The molecule has 0 saturated heterocycles. The van der Waals surface area contributed by atoms with Crippen LogP contribution in [-0.4, -0.2) is 17.4 Å². The minimum Gasteiger partial charge on any atom is -0.423 e. The van der Waals surface area contributed by atoms with Crippen molar-refractivity contribution in [1.29, 1.82) is 0 Å². The van der Waals surface area contributed by atoms with Gasteiger partial charge in [-0.2, -0.15) is 13.2 Å². The van der Waals surface area contributed by atoms with E-state index in [0.29, 0.717) is 22.7 Å². The van der Waals surface area contributed by atoms with Crippen LogP contribution in [0, 0.1) is 17.0 Å². The molecule has 0 fully saturated rings. The molecule has 0 saturated carbocycles. The van der Waals surface area contributed by atoms with E-state index in [9.17, 15) is 32.9 Å². The minimum atomic E-state index is -4.71. The molecular weight excluding hydrogens is 419 g/mol. The monoisotopic (exact) mass is 435 g/mol. The molecule has 3 rings (SSSR count). The van der Waals surface area contributed by atoms with Crippen LogP contribution in [0.2, 0.25) is 0 Å². The van der Waals surface area contributed by atoms with Crippen molar-refractivity contribution in [3.8, 4) is 0 Å². The summed E-state index contributed by atoms with van der Waals surface area (Å²) >= 11 is 0. The molecule has 0 atom stereocenters. The lowest BCUT2D eigenvalue weighted by Gasteiger charge is -2.11. The molecule has 0 unspecified atom stereocenters. The SMILES string of the molecule is Cc1cc(=O)oc2cc(NC(=O)CCNc3ccc(C(F)(F)F)cc3[N+](=O)[O-])ccc12. The van der Waals surface area contributed by atoms with Crippen molar-refractivity contribution >= 4 is 33.9 Å². The van der Waals surface area contributed by atoms with E-state index in [-0.39, 0.29) is 18.7 Å². The number of rotatable bonds is 6. The Kier molecular flexibility index (Phi) is 5.95. The van der Waals surface area contributed by atoms with Crippen LogP contribution in [0.4, 0.5) is 30.2 Å². The summed E-state index contributed by atoms with van der Waals surface area (Å²) in [6.45, 7) is 1.70. The van der Waals surface area contributed by atoms with E-state index in [4.69, 9.17) is 4.42 Å². The lowest BCUT2D eigenvalue weighted by atomic mass is 10.1. The fraction of sp³-hybridized carbons (Fsp3) is 0.200. The predicted octanol–water partition coefficient (Wildman–Crippen LogP) is 4.47. The number of fused-ring (bicyclic) bond motifs is 1. The zero-order valence-corrected chi connectivity index (χ0v) is 16.1. The molecule has 8 nitrogen and oxygen atoms in total. The summed E-state index contributed by atoms with van der Waals surface area (Å²) in [4.78, 5) is 33.8. The summed E-state index contributed by atoms with van der Waals surface area (Å²) in [5.74, 6) is -0.448. The molecule has 0 aliphatic heterocycles. The number of carbonyl (C=O) groups is 1. The quantitative estimate of drug-likeness (QED) is 0.335. The van der Waals surface area contributed by atoms with Crippen molar-refractivity contribution in [3.63, 3.8) is 0 Å². The second-order valence-electron chi connectivity index (χ2n) is 6.67. The van der Waals surface area contributed by atoms with Gasteiger partial charge < -0.3 is 15.1 Å². The maximum Gasteiger partial charge on any atom is 0.416 e. The van der Waals surface area contributed by atoms with Gasteiger partial charge in [0.05, 0.1) is 10.5 Å². The smallest absolute Gasteiger partial charge is 0.416 e. The molecule has 0 bridgehead atoms. The van der Waals surface area contributed by atoms with Gasteiger partial charge in [0.1, 0.15) is 11.3 Å². The van der Waals surface area contributed by atoms with Crippen LogP contribution in [0.5, 0.6) is 0 Å². The maximum atomic E-state index is 12.7. The van der Waals surface area contributed by atoms with Crippen LogP contribution < -0.4 is 16.3 Å². The fourth-order valence-electron chi connectivity index (χ4n) is 2.95. The number of carbonyl (C=O) groups excluding carboxylic acids is 1. The van der Waals surface area contributed by atoms with Gasteiger partial charge in [-0.3, -0.25) is 14.9 Å². The van der Waals surface area contributed by atoms with Crippen LogP contribution in [0.25, 0.3) is 11.0 Å². The summed E-state index contributed by atoms with van der Waals surface area (Å²) in [6.07, 6.45) is -4.82. The number of nitro groups is 1. The lowest BCUT2D eigenvalue weighted by molar-refractivity contribution is -0.384. The number of nitrogens with one attached hydrogen (secondary N) is 2. The molecule has 0 radical (unpaired) electrons. The van der Waals surface area contributed by atoms with E-state index >= 15 is 0 Å². The van der Waals surface area contributed by atoms with Crippen LogP contribution in [-0.2, 0) is 11.0 Å². The van der Waals surface area contributed by atoms with E-state index in [1.807, 2.05) is 0 Å². The molecule has 2 N–H and O–H groups in total. The van der Waals surface area contributed by atoms with Gasteiger partial charge in [-0.15, -0.1) is 0 Å². The Bertz CT molecular complexity index is 1220. The predicted molar refractivity (Wildman–Crippen MR) is 107 cm³/mol. The van der Waals surface area contributed by atoms with Gasteiger partial charge in [0.25, 0.3) is 5.69 Å². The molecule has 1 aromatic heterocycles. The number of anilines is 2. The van der Waals surface area contributed by atoms with Gasteiger partial charge >= 0.3 is 11.8 Å². The number of halogens is 3. The molecule has 0 spiro atoms. The third kappa shape index (κ3) is 5.18. The Morgan fingerprint density at radius 2 is 1.90 bits per heavy atom. The van der Waals surface area contributed by atoms with E-state index in [0.717, 1.165) is 17.7 Å².